The number of nitrogens with zero attached hydrogens (tertiary/aromatic N) is 2. The summed E-state index contributed by atoms with van der Waals surface area (Å²) < 4.78 is 0. The first kappa shape index (κ1) is 10.1. The average Bonchev–Trinajstić information content (AvgIpc) is 2.21. The summed E-state index contributed by atoms with van der Waals surface area (Å²) in [6.07, 6.45) is 4.71. The van der Waals surface area contributed by atoms with Crippen LogP contribution in [0, 0.1) is 5.92 Å². The Morgan fingerprint density at radius 3 is 2.23 bits per heavy atom. The molecule has 1 unspecified atom stereocenters. The molecular formula is C10H16N2O. The van der Waals surface area contributed by atoms with Gasteiger partial charge in [0.2, 0.25) is 0 Å². The van der Waals surface area contributed by atoms with Crippen LogP contribution < -0.4 is 0 Å². The first-order chi connectivity index (χ1) is 6.29. The molecule has 0 spiro atoms. The Bertz CT molecular complexity index is 234. The molecule has 1 N–H and O–H groups in total. The van der Waals surface area contributed by atoms with E-state index in [1.807, 2.05) is 0 Å². The van der Waals surface area contributed by atoms with Crippen molar-refractivity contribution in [1.82, 2.24) is 9.97 Å². The Hall–Kier alpha value is -0.960. The number of hydrogen-bond acceptors (Lipinski definition) is 3. The molecule has 0 radical (unpaired) electrons. The summed E-state index contributed by atoms with van der Waals surface area (Å²) in [7, 11) is 0. The highest BCUT2D eigenvalue weighted by atomic mass is 16.3. The number of aliphatic hydroxyl groups is 1. The zero-order chi connectivity index (χ0) is 9.68. The molecule has 13 heavy (non-hydrogen) atoms. The second-order valence-electron chi connectivity index (χ2n) is 3.13. The van der Waals surface area contributed by atoms with Crippen molar-refractivity contribution in [3.05, 3.63) is 24.3 Å². The fourth-order valence-electron chi connectivity index (χ4n) is 1.41. The Kier molecular flexibility index (Phi) is 3.83. The van der Waals surface area contributed by atoms with Gasteiger partial charge in [0.1, 0.15) is 6.10 Å². The van der Waals surface area contributed by atoms with E-state index in [2.05, 4.69) is 23.8 Å². The maximum absolute atomic E-state index is 9.86. The van der Waals surface area contributed by atoms with Crippen molar-refractivity contribution in [2.24, 2.45) is 5.92 Å². The highest BCUT2D eigenvalue weighted by Gasteiger charge is 2.19. The molecule has 1 aromatic rings. The molecular weight excluding hydrogens is 164 g/mol. The largest absolute Gasteiger partial charge is 0.385 e. The molecule has 1 rings (SSSR count). The van der Waals surface area contributed by atoms with Crippen molar-refractivity contribution in [3.63, 3.8) is 0 Å². The van der Waals surface area contributed by atoms with Crippen molar-refractivity contribution in [2.75, 3.05) is 0 Å². The summed E-state index contributed by atoms with van der Waals surface area (Å²) in [6.45, 7) is 4.14. The first-order valence-electron chi connectivity index (χ1n) is 4.74. The molecule has 1 heterocycles. The van der Waals surface area contributed by atoms with Gasteiger partial charge in [-0.2, -0.15) is 0 Å². The maximum Gasteiger partial charge on any atom is 0.157 e. The van der Waals surface area contributed by atoms with Crippen LogP contribution in [0.15, 0.2) is 18.5 Å². The van der Waals surface area contributed by atoms with Crippen LogP contribution >= 0.6 is 0 Å². The molecule has 0 aromatic carbocycles. The second kappa shape index (κ2) is 4.92. The van der Waals surface area contributed by atoms with Crippen molar-refractivity contribution in [2.45, 2.75) is 32.8 Å². The quantitative estimate of drug-likeness (QED) is 0.770. The summed E-state index contributed by atoms with van der Waals surface area (Å²) in [5.74, 6) is 0.804. The van der Waals surface area contributed by atoms with Crippen LogP contribution in [0.5, 0.6) is 0 Å². The van der Waals surface area contributed by atoms with Crippen molar-refractivity contribution < 1.29 is 5.11 Å². The molecule has 0 saturated carbocycles. The molecule has 1 aromatic heterocycles. The van der Waals surface area contributed by atoms with Gasteiger partial charge in [0.05, 0.1) is 0 Å². The zero-order valence-electron chi connectivity index (χ0n) is 8.14. The van der Waals surface area contributed by atoms with Crippen LogP contribution in [0.2, 0.25) is 0 Å². The lowest BCUT2D eigenvalue weighted by molar-refractivity contribution is 0.0947. The van der Waals surface area contributed by atoms with E-state index in [9.17, 15) is 5.11 Å². The van der Waals surface area contributed by atoms with Crippen molar-refractivity contribution >= 4 is 0 Å². The molecule has 0 aliphatic rings. The third kappa shape index (κ3) is 2.49. The smallest absolute Gasteiger partial charge is 0.157 e. The van der Waals surface area contributed by atoms with E-state index < -0.39 is 6.10 Å². The van der Waals surface area contributed by atoms with Gasteiger partial charge in [-0.25, -0.2) is 9.97 Å². The summed E-state index contributed by atoms with van der Waals surface area (Å²) in [5.41, 5.74) is 0. The van der Waals surface area contributed by atoms with E-state index in [4.69, 9.17) is 0 Å². The molecule has 0 saturated heterocycles. The lowest BCUT2D eigenvalue weighted by Gasteiger charge is -2.17. The molecule has 72 valence electrons. The minimum atomic E-state index is -0.517. The topological polar surface area (TPSA) is 46.0 Å². The molecule has 0 aliphatic heterocycles. The van der Waals surface area contributed by atoms with E-state index in [-0.39, 0.29) is 5.92 Å². The van der Waals surface area contributed by atoms with Gasteiger partial charge >= 0.3 is 0 Å². The monoisotopic (exact) mass is 180 g/mol. The minimum Gasteiger partial charge on any atom is -0.385 e. The Balaban J connectivity index is 2.72. The zero-order valence-corrected chi connectivity index (χ0v) is 8.14. The highest BCUT2D eigenvalue weighted by Crippen LogP contribution is 2.23. The van der Waals surface area contributed by atoms with Gasteiger partial charge in [-0.05, 0) is 12.0 Å². The van der Waals surface area contributed by atoms with Crippen molar-refractivity contribution in [3.8, 4) is 0 Å². The fraction of sp³-hybridized carbons (Fsp3) is 0.600. The third-order valence-corrected chi connectivity index (χ3v) is 2.35. The van der Waals surface area contributed by atoms with Crippen LogP contribution in [-0.2, 0) is 0 Å². The highest BCUT2D eigenvalue weighted by molar-refractivity contribution is 4.94. The number of aliphatic hydroxyl groups excluding tert-OH is 1. The Labute approximate surface area is 78.9 Å². The normalized spacial score (nSPS) is 13.2. The molecule has 1 atom stereocenters. The van der Waals surface area contributed by atoms with E-state index >= 15 is 0 Å². The first-order valence-corrected chi connectivity index (χ1v) is 4.74. The van der Waals surface area contributed by atoms with Crippen molar-refractivity contribution in [1.29, 1.82) is 0 Å². The molecule has 3 heteroatoms. The molecule has 0 amide bonds. The predicted molar refractivity (Wildman–Crippen MR) is 51.1 cm³/mol. The summed E-state index contributed by atoms with van der Waals surface area (Å²) in [6, 6.07) is 1.75. The minimum absolute atomic E-state index is 0.266. The SMILES string of the molecule is CCC(CC)C(O)c1ncccn1. The number of rotatable bonds is 4. The fourth-order valence-corrected chi connectivity index (χ4v) is 1.41. The van der Waals surface area contributed by atoms with Gasteiger partial charge < -0.3 is 5.11 Å². The summed E-state index contributed by atoms with van der Waals surface area (Å²) in [5, 5.41) is 9.86. The Morgan fingerprint density at radius 2 is 1.77 bits per heavy atom. The second-order valence-corrected chi connectivity index (χ2v) is 3.13. The number of aromatic nitrogens is 2. The average molecular weight is 180 g/mol. The van der Waals surface area contributed by atoms with Gasteiger partial charge in [-0.15, -0.1) is 0 Å². The van der Waals surface area contributed by atoms with Gasteiger partial charge in [-0.3, -0.25) is 0 Å². The molecule has 3 nitrogen and oxygen atoms in total. The Morgan fingerprint density at radius 1 is 1.23 bits per heavy atom. The van der Waals surface area contributed by atoms with Crippen LogP contribution in [0.1, 0.15) is 38.6 Å². The van der Waals surface area contributed by atoms with Crippen LogP contribution in [0.25, 0.3) is 0 Å². The van der Waals surface area contributed by atoms with E-state index in [1.165, 1.54) is 0 Å². The van der Waals surface area contributed by atoms with Gasteiger partial charge in [-0.1, -0.05) is 26.7 Å². The molecule has 0 bridgehead atoms. The van der Waals surface area contributed by atoms with Crippen LogP contribution in [0.4, 0.5) is 0 Å². The van der Waals surface area contributed by atoms with E-state index in [0.29, 0.717) is 5.82 Å². The number of hydrogen-bond donors (Lipinski definition) is 1. The van der Waals surface area contributed by atoms with Gasteiger partial charge in [0, 0.05) is 12.4 Å². The van der Waals surface area contributed by atoms with Crippen LogP contribution in [0.3, 0.4) is 0 Å². The van der Waals surface area contributed by atoms with E-state index in [1.54, 1.807) is 18.5 Å². The predicted octanol–water partition coefficient (Wildman–Crippen LogP) is 1.95. The van der Waals surface area contributed by atoms with Crippen LogP contribution in [-0.4, -0.2) is 15.1 Å². The van der Waals surface area contributed by atoms with Gasteiger partial charge in [0.15, 0.2) is 5.82 Å². The standard InChI is InChI=1S/C10H16N2O/c1-3-8(4-2)9(13)10-11-6-5-7-12-10/h5-9,13H,3-4H2,1-2H3. The maximum atomic E-state index is 9.86. The third-order valence-electron chi connectivity index (χ3n) is 2.35. The summed E-state index contributed by atoms with van der Waals surface area (Å²) >= 11 is 0. The molecule has 0 aliphatic carbocycles. The summed E-state index contributed by atoms with van der Waals surface area (Å²) in [4.78, 5) is 8.07. The lowest BCUT2D eigenvalue weighted by atomic mass is 9.96. The van der Waals surface area contributed by atoms with Gasteiger partial charge in [0.25, 0.3) is 0 Å². The molecule has 0 fully saturated rings. The van der Waals surface area contributed by atoms with E-state index in [0.717, 1.165) is 12.8 Å². The lowest BCUT2D eigenvalue weighted by Crippen LogP contribution is -2.13.